The number of amides is 1. The van der Waals surface area contributed by atoms with Crippen molar-refractivity contribution in [1.29, 1.82) is 0 Å². The van der Waals surface area contributed by atoms with Crippen LogP contribution in [0.2, 0.25) is 0 Å². The number of hydrogen-bond donors (Lipinski definition) is 3. The SMILES string of the molecule is COc1ccc(CNC(=O)C(N)C(=O)O)cc1C. The highest BCUT2D eigenvalue weighted by molar-refractivity contribution is 6.00. The number of nitrogens with one attached hydrogen (secondary N) is 1. The number of aryl methyl sites for hydroxylation is 1. The fraction of sp³-hybridized carbons (Fsp3) is 0.333. The Kier molecular flexibility index (Phi) is 4.67. The van der Waals surface area contributed by atoms with Crippen LogP contribution in [0.3, 0.4) is 0 Å². The Labute approximate surface area is 105 Å². The van der Waals surface area contributed by atoms with Gasteiger partial charge in [0.15, 0.2) is 6.04 Å². The molecule has 18 heavy (non-hydrogen) atoms. The first-order chi connectivity index (χ1) is 8.45. The van der Waals surface area contributed by atoms with E-state index in [9.17, 15) is 9.59 Å². The van der Waals surface area contributed by atoms with Gasteiger partial charge in [-0.05, 0) is 24.1 Å². The first kappa shape index (κ1) is 14.0. The van der Waals surface area contributed by atoms with Gasteiger partial charge >= 0.3 is 5.97 Å². The van der Waals surface area contributed by atoms with E-state index in [1.165, 1.54) is 0 Å². The predicted molar refractivity (Wildman–Crippen MR) is 65.2 cm³/mol. The van der Waals surface area contributed by atoms with Crippen LogP contribution in [0.25, 0.3) is 0 Å². The molecular formula is C12H16N2O4. The Balaban J connectivity index is 2.61. The summed E-state index contributed by atoms with van der Waals surface area (Å²) in [5.74, 6) is -1.30. The number of ether oxygens (including phenoxy) is 1. The second kappa shape index (κ2) is 6.02. The van der Waals surface area contributed by atoms with Crippen LogP contribution in [0.4, 0.5) is 0 Å². The van der Waals surface area contributed by atoms with Gasteiger partial charge in [-0.1, -0.05) is 12.1 Å². The molecule has 6 nitrogen and oxygen atoms in total. The molecule has 4 N–H and O–H groups in total. The minimum Gasteiger partial charge on any atom is -0.496 e. The molecule has 0 spiro atoms. The molecule has 0 fully saturated rings. The molecule has 1 aromatic carbocycles. The molecule has 6 heteroatoms. The van der Waals surface area contributed by atoms with Crippen molar-refractivity contribution in [3.05, 3.63) is 29.3 Å². The molecule has 0 heterocycles. The van der Waals surface area contributed by atoms with Crippen molar-refractivity contribution >= 4 is 11.9 Å². The van der Waals surface area contributed by atoms with Gasteiger partial charge in [-0.25, -0.2) is 4.79 Å². The van der Waals surface area contributed by atoms with Gasteiger partial charge in [0.1, 0.15) is 5.75 Å². The second-order valence-electron chi connectivity index (χ2n) is 3.84. The van der Waals surface area contributed by atoms with Crippen molar-refractivity contribution in [2.75, 3.05) is 7.11 Å². The number of carboxylic acids is 1. The Morgan fingerprint density at radius 1 is 1.50 bits per heavy atom. The zero-order chi connectivity index (χ0) is 13.7. The van der Waals surface area contributed by atoms with Gasteiger partial charge in [0.2, 0.25) is 5.91 Å². The molecular weight excluding hydrogens is 236 g/mol. The van der Waals surface area contributed by atoms with Crippen LogP contribution in [-0.2, 0) is 16.1 Å². The van der Waals surface area contributed by atoms with Crippen molar-refractivity contribution in [2.45, 2.75) is 19.5 Å². The van der Waals surface area contributed by atoms with E-state index >= 15 is 0 Å². The molecule has 1 unspecified atom stereocenters. The minimum absolute atomic E-state index is 0.227. The monoisotopic (exact) mass is 252 g/mol. The number of benzene rings is 1. The Hall–Kier alpha value is -2.08. The number of methoxy groups -OCH3 is 1. The van der Waals surface area contributed by atoms with Gasteiger partial charge in [0, 0.05) is 6.54 Å². The molecule has 0 bridgehead atoms. The zero-order valence-electron chi connectivity index (χ0n) is 10.3. The summed E-state index contributed by atoms with van der Waals surface area (Å²) in [5, 5.41) is 11.0. The van der Waals surface area contributed by atoms with E-state index in [-0.39, 0.29) is 6.54 Å². The van der Waals surface area contributed by atoms with E-state index in [4.69, 9.17) is 15.6 Å². The molecule has 1 amide bonds. The van der Waals surface area contributed by atoms with Gasteiger partial charge in [0.05, 0.1) is 7.11 Å². The second-order valence-corrected chi connectivity index (χ2v) is 3.84. The van der Waals surface area contributed by atoms with Crippen LogP contribution in [-0.4, -0.2) is 30.1 Å². The lowest BCUT2D eigenvalue weighted by Gasteiger charge is -2.10. The van der Waals surface area contributed by atoms with Crippen molar-refractivity contribution in [3.8, 4) is 5.75 Å². The van der Waals surface area contributed by atoms with Gasteiger partial charge in [-0.3, -0.25) is 4.79 Å². The van der Waals surface area contributed by atoms with Crippen LogP contribution < -0.4 is 15.8 Å². The fourth-order valence-electron chi connectivity index (χ4n) is 1.46. The molecule has 0 saturated carbocycles. The topological polar surface area (TPSA) is 102 Å². The van der Waals surface area contributed by atoms with Crippen molar-refractivity contribution in [2.24, 2.45) is 5.73 Å². The maximum atomic E-state index is 11.3. The van der Waals surface area contributed by atoms with E-state index in [0.717, 1.165) is 16.9 Å². The number of carbonyl (C=O) groups excluding carboxylic acids is 1. The molecule has 98 valence electrons. The van der Waals surface area contributed by atoms with Crippen molar-refractivity contribution < 1.29 is 19.4 Å². The summed E-state index contributed by atoms with van der Waals surface area (Å²) in [5.41, 5.74) is 6.95. The van der Waals surface area contributed by atoms with Gasteiger partial charge in [0.25, 0.3) is 0 Å². The van der Waals surface area contributed by atoms with Crippen molar-refractivity contribution in [1.82, 2.24) is 5.32 Å². The number of carboxylic acid groups (broad SMARTS) is 1. The maximum Gasteiger partial charge on any atom is 0.330 e. The summed E-state index contributed by atoms with van der Waals surface area (Å²) < 4.78 is 5.11. The van der Waals surface area contributed by atoms with E-state index in [1.54, 1.807) is 19.2 Å². The molecule has 0 aliphatic carbocycles. The normalized spacial score (nSPS) is 11.7. The predicted octanol–water partition coefficient (Wildman–Crippen LogP) is 0.0317. The molecule has 0 aliphatic rings. The summed E-state index contributed by atoms with van der Waals surface area (Å²) in [7, 11) is 1.58. The van der Waals surface area contributed by atoms with Crippen LogP contribution >= 0.6 is 0 Å². The molecule has 1 aromatic rings. The number of hydrogen-bond acceptors (Lipinski definition) is 4. The maximum absolute atomic E-state index is 11.3. The zero-order valence-corrected chi connectivity index (χ0v) is 10.3. The van der Waals surface area contributed by atoms with Crippen LogP contribution in [0.15, 0.2) is 18.2 Å². The summed E-state index contributed by atoms with van der Waals surface area (Å²) in [6.07, 6.45) is 0. The summed E-state index contributed by atoms with van der Waals surface area (Å²) >= 11 is 0. The van der Waals surface area contributed by atoms with Crippen molar-refractivity contribution in [3.63, 3.8) is 0 Å². The highest BCUT2D eigenvalue weighted by Crippen LogP contribution is 2.18. The smallest absolute Gasteiger partial charge is 0.330 e. The highest BCUT2D eigenvalue weighted by atomic mass is 16.5. The fourth-order valence-corrected chi connectivity index (χ4v) is 1.46. The lowest BCUT2D eigenvalue weighted by Crippen LogP contribution is -2.45. The summed E-state index contributed by atoms with van der Waals surface area (Å²) in [4.78, 5) is 21.8. The third-order valence-corrected chi connectivity index (χ3v) is 2.47. The lowest BCUT2D eigenvalue weighted by atomic mass is 10.1. The van der Waals surface area contributed by atoms with Crippen LogP contribution in [0.1, 0.15) is 11.1 Å². The van der Waals surface area contributed by atoms with Gasteiger partial charge in [-0.15, -0.1) is 0 Å². The van der Waals surface area contributed by atoms with E-state index < -0.39 is 17.9 Å². The number of rotatable bonds is 5. The third-order valence-electron chi connectivity index (χ3n) is 2.47. The number of aliphatic carboxylic acids is 1. The average molecular weight is 252 g/mol. The highest BCUT2D eigenvalue weighted by Gasteiger charge is 2.20. The largest absolute Gasteiger partial charge is 0.496 e. The first-order valence-electron chi connectivity index (χ1n) is 5.35. The molecule has 1 atom stereocenters. The third kappa shape index (κ3) is 3.46. The quantitative estimate of drug-likeness (QED) is 0.642. The number of nitrogens with two attached hydrogens (primary N) is 1. The molecule has 0 aliphatic heterocycles. The minimum atomic E-state index is -1.54. The standard InChI is InChI=1S/C12H16N2O4/c1-7-5-8(3-4-9(7)18-2)6-14-11(15)10(13)12(16)17/h3-5,10H,6,13H2,1-2H3,(H,14,15)(H,16,17). The molecule has 1 rings (SSSR count). The Morgan fingerprint density at radius 3 is 2.67 bits per heavy atom. The first-order valence-corrected chi connectivity index (χ1v) is 5.35. The van der Waals surface area contributed by atoms with E-state index in [2.05, 4.69) is 5.32 Å². The molecule has 0 radical (unpaired) electrons. The lowest BCUT2D eigenvalue weighted by molar-refractivity contribution is -0.142. The average Bonchev–Trinajstić information content (AvgIpc) is 2.35. The van der Waals surface area contributed by atoms with Gasteiger partial charge in [-0.2, -0.15) is 0 Å². The summed E-state index contributed by atoms with van der Waals surface area (Å²) in [6, 6.07) is 3.89. The Bertz CT molecular complexity index is 459. The van der Waals surface area contributed by atoms with E-state index in [0.29, 0.717) is 0 Å². The molecule has 0 aromatic heterocycles. The Morgan fingerprint density at radius 2 is 2.17 bits per heavy atom. The van der Waals surface area contributed by atoms with E-state index in [1.807, 2.05) is 13.0 Å². The van der Waals surface area contributed by atoms with Crippen LogP contribution in [0.5, 0.6) is 5.75 Å². The van der Waals surface area contributed by atoms with Gasteiger partial charge < -0.3 is 20.9 Å². The number of carbonyl (C=O) groups is 2. The molecule has 0 saturated heterocycles. The van der Waals surface area contributed by atoms with Crippen LogP contribution in [0, 0.1) is 6.92 Å². The summed E-state index contributed by atoms with van der Waals surface area (Å²) in [6.45, 7) is 2.11.